The molecular formula is C21H21FN2O4S. The molecule has 0 spiro atoms. The molecule has 0 radical (unpaired) electrons. The Morgan fingerprint density at radius 2 is 2.03 bits per heavy atom. The van der Waals surface area contributed by atoms with Crippen LogP contribution >= 0.6 is 11.3 Å². The standard InChI is InChI=1S/C21H21FN2O4S/c1-12(28-21(26)15-9-8-13(27-2)10-17(15)22)19(25)24-20-16(11-23)14-6-4-3-5-7-18(14)29-20/h8-10,12H,3-7H2,1-2H3,(H,24,25)/t12-/m1/s1. The van der Waals surface area contributed by atoms with Crippen molar-refractivity contribution in [3.63, 3.8) is 0 Å². The van der Waals surface area contributed by atoms with Gasteiger partial charge in [-0.2, -0.15) is 5.26 Å². The number of fused-ring (bicyclic) bond motifs is 1. The number of nitrogens with zero attached hydrogens (tertiary/aromatic N) is 1. The van der Waals surface area contributed by atoms with Crippen molar-refractivity contribution in [2.75, 3.05) is 12.4 Å². The number of rotatable bonds is 5. The molecule has 0 fully saturated rings. The molecular weight excluding hydrogens is 395 g/mol. The third-order valence-electron chi connectivity index (χ3n) is 4.82. The van der Waals surface area contributed by atoms with E-state index in [0.29, 0.717) is 10.6 Å². The molecule has 0 bridgehead atoms. The van der Waals surface area contributed by atoms with E-state index in [4.69, 9.17) is 9.47 Å². The SMILES string of the molecule is COc1ccc(C(=O)O[C@H](C)C(=O)Nc2sc3c(c2C#N)CCCCC3)c(F)c1. The molecule has 2 aromatic rings. The predicted molar refractivity (Wildman–Crippen MR) is 107 cm³/mol. The summed E-state index contributed by atoms with van der Waals surface area (Å²) in [5.74, 6) is -2.04. The third kappa shape index (κ3) is 4.57. The monoisotopic (exact) mass is 416 g/mol. The summed E-state index contributed by atoms with van der Waals surface area (Å²) in [5.41, 5.74) is 1.21. The molecule has 3 rings (SSSR count). The Labute approximate surface area is 172 Å². The topological polar surface area (TPSA) is 88.4 Å². The van der Waals surface area contributed by atoms with Gasteiger partial charge in [0, 0.05) is 10.9 Å². The molecule has 29 heavy (non-hydrogen) atoms. The zero-order valence-corrected chi connectivity index (χ0v) is 17.0. The van der Waals surface area contributed by atoms with Crippen LogP contribution in [0.25, 0.3) is 0 Å². The van der Waals surface area contributed by atoms with Crippen molar-refractivity contribution in [2.45, 2.75) is 45.1 Å². The lowest BCUT2D eigenvalue weighted by Crippen LogP contribution is -2.30. The average molecular weight is 416 g/mol. The van der Waals surface area contributed by atoms with Crippen LogP contribution in [-0.2, 0) is 22.4 Å². The molecule has 1 N–H and O–H groups in total. The summed E-state index contributed by atoms with van der Waals surface area (Å²) >= 11 is 1.40. The van der Waals surface area contributed by atoms with Crippen LogP contribution < -0.4 is 10.1 Å². The number of aryl methyl sites for hydroxylation is 1. The molecule has 6 nitrogen and oxygen atoms in total. The summed E-state index contributed by atoms with van der Waals surface area (Å²) in [6.07, 6.45) is 3.78. The number of amides is 1. The van der Waals surface area contributed by atoms with Gasteiger partial charge in [-0.1, -0.05) is 6.42 Å². The Bertz CT molecular complexity index is 980. The smallest absolute Gasteiger partial charge is 0.341 e. The normalized spacial score (nSPS) is 14.1. The number of hydrogen-bond donors (Lipinski definition) is 1. The number of halogens is 1. The number of carbonyl (C=O) groups excluding carboxylic acids is 2. The van der Waals surface area contributed by atoms with Crippen molar-refractivity contribution in [1.82, 2.24) is 0 Å². The van der Waals surface area contributed by atoms with E-state index in [0.717, 1.165) is 48.6 Å². The summed E-state index contributed by atoms with van der Waals surface area (Å²) in [7, 11) is 1.39. The zero-order valence-electron chi connectivity index (χ0n) is 16.2. The number of thiophene rings is 1. The summed E-state index contributed by atoms with van der Waals surface area (Å²) < 4.78 is 24.0. The van der Waals surface area contributed by atoms with Crippen molar-refractivity contribution in [1.29, 1.82) is 5.26 Å². The van der Waals surface area contributed by atoms with Crippen molar-refractivity contribution in [2.24, 2.45) is 0 Å². The van der Waals surface area contributed by atoms with Crippen LogP contribution in [0, 0.1) is 17.1 Å². The number of methoxy groups -OCH3 is 1. The van der Waals surface area contributed by atoms with Gasteiger partial charge in [-0.25, -0.2) is 9.18 Å². The van der Waals surface area contributed by atoms with Gasteiger partial charge < -0.3 is 14.8 Å². The number of ether oxygens (including phenoxy) is 2. The molecule has 1 atom stereocenters. The summed E-state index contributed by atoms with van der Waals surface area (Å²) in [5, 5.41) is 12.7. The summed E-state index contributed by atoms with van der Waals surface area (Å²) in [6, 6.07) is 5.93. The van der Waals surface area contributed by atoms with Gasteiger partial charge in [0.2, 0.25) is 0 Å². The Morgan fingerprint density at radius 3 is 2.72 bits per heavy atom. The van der Waals surface area contributed by atoms with Crippen molar-refractivity contribution in [3.05, 3.63) is 45.6 Å². The first-order valence-corrected chi connectivity index (χ1v) is 10.2. The van der Waals surface area contributed by atoms with E-state index >= 15 is 0 Å². The highest BCUT2D eigenvalue weighted by Crippen LogP contribution is 2.37. The Kier molecular flexibility index (Phi) is 6.49. The minimum absolute atomic E-state index is 0.270. The van der Waals surface area contributed by atoms with Gasteiger partial charge in [-0.05, 0) is 50.3 Å². The maximum Gasteiger partial charge on any atom is 0.341 e. The van der Waals surface area contributed by atoms with Crippen molar-refractivity contribution in [3.8, 4) is 11.8 Å². The second-order valence-corrected chi connectivity index (χ2v) is 7.87. The van der Waals surface area contributed by atoms with Crippen LogP contribution in [0.15, 0.2) is 18.2 Å². The van der Waals surface area contributed by atoms with Gasteiger partial charge in [0.25, 0.3) is 5.91 Å². The molecule has 0 unspecified atom stereocenters. The molecule has 1 aliphatic rings. The minimum atomic E-state index is -1.16. The molecule has 0 saturated carbocycles. The van der Waals surface area contributed by atoms with Gasteiger partial charge in [0.15, 0.2) is 6.10 Å². The number of esters is 1. The van der Waals surface area contributed by atoms with Crippen LogP contribution in [-0.4, -0.2) is 25.1 Å². The number of carbonyl (C=O) groups is 2. The van der Waals surface area contributed by atoms with Crippen LogP contribution in [0.4, 0.5) is 9.39 Å². The number of nitrogens with one attached hydrogen (secondary N) is 1. The highest BCUT2D eigenvalue weighted by molar-refractivity contribution is 7.16. The van der Waals surface area contributed by atoms with E-state index in [2.05, 4.69) is 11.4 Å². The first-order chi connectivity index (χ1) is 13.9. The van der Waals surface area contributed by atoms with Crippen LogP contribution in [0.3, 0.4) is 0 Å². The van der Waals surface area contributed by atoms with E-state index in [1.165, 1.54) is 37.5 Å². The second kappa shape index (κ2) is 9.05. The highest BCUT2D eigenvalue weighted by atomic mass is 32.1. The maximum absolute atomic E-state index is 14.0. The lowest BCUT2D eigenvalue weighted by atomic mass is 10.1. The molecule has 1 heterocycles. The molecule has 1 aromatic heterocycles. The Morgan fingerprint density at radius 1 is 1.28 bits per heavy atom. The number of anilines is 1. The summed E-state index contributed by atoms with van der Waals surface area (Å²) in [6.45, 7) is 1.40. The Hall–Kier alpha value is -2.92. The molecule has 1 aromatic carbocycles. The van der Waals surface area contributed by atoms with Gasteiger partial charge >= 0.3 is 5.97 Å². The quantitative estimate of drug-likeness (QED) is 0.582. The average Bonchev–Trinajstić information content (AvgIpc) is 2.86. The highest BCUT2D eigenvalue weighted by Gasteiger charge is 2.25. The first kappa shape index (κ1) is 20.8. The van der Waals surface area contributed by atoms with Gasteiger partial charge in [-0.3, -0.25) is 4.79 Å². The van der Waals surface area contributed by atoms with Crippen LogP contribution in [0.2, 0.25) is 0 Å². The fourth-order valence-corrected chi connectivity index (χ4v) is 4.47. The van der Waals surface area contributed by atoms with Crippen LogP contribution in [0.5, 0.6) is 5.75 Å². The van der Waals surface area contributed by atoms with E-state index in [1.54, 1.807) is 0 Å². The molecule has 0 saturated heterocycles. The lowest BCUT2D eigenvalue weighted by molar-refractivity contribution is -0.123. The molecule has 1 amide bonds. The molecule has 152 valence electrons. The summed E-state index contributed by atoms with van der Waals surface area (Å²) in [4.78, 5) is 25.9. The van der Waals surface area contributed by atoms with Gasteiger partial charge in [-0.15, -0.1) is 11.3 Å². The van der Waals surface area contributed by atoms with Gasteiger partial charge in [0.1, 0.15) is 22.6 Å². The predicted octanol–water partition coefficient (Wildman–Crippen LogP) is 4.22. The molecule has 8 heteroatoms. The van der Waals surface area contributed by atoms with E-state index in [-0.39, 0.29) is 11.3 Å². The number of benzene rings is 1. The van der Waals surface area contributed by atoms with E-state index in [1.807, 2.05) is 0 Å². The lowest BCUT2D eigenvalue weighted by Gasteiger charge is -2.13. The minimum Gasteiger partial charge on any atom is -0.497 e. The second-order valence-electron chi connectivity index (χ2n) is 6.76. The zero-order chi connectivity index (χ0) is 21.0. The largest absolute Gasteiger partial charge is 0.497 e. The van der Waals surface area contributed by atoms with E-state index < -0.39 is 23.8 Å². The number of nitriles is 1. The van der Waals surface area contributed by atoms with Crippen molar-refractivity contribution >= 4 is 28.2 Å². The van der Waals surface area contributed by atoms with E-state index in [9.17, 15) is 19.2 Å². The molecule has 1 aliphatic carbocycles. The van der Waals surface area contributed by atoms with Crippen molar-refractivity contribution < 1.29 is 23.5 Å². The third-order valence-corrected chi connectivity index (χ3v) is 6.03. The Balaban J connectivity index is 1.70. The van der Waals surface area contributed by atoms with Crippen LogP contribution in [0.1, 0.15) is 52.5 Å². The maximum atomic E-state index is 14.0. The first-order valence-electron chi connectivity index (χ1n) is 9.34. The fraction of sp³-hybridized carbons (Fsp3) is 0.381. The molecule has 0 aliphatic heterocycles. The fourth-order valence-electron chi connectivity index (χ4n) is 3.23. The van der Waals surface area contributed by atoms with Gasteiger partial charge in [0.05, 0.1) is 18.2 Å². The number of hydrogen-bond acceptors (Lipinski definition) is 6.